The summed E-state index contributed by atoms with van der Waals surface area (Å²) in [4.78, 5) is 19.0. The maximum absolute atomic E-state index is 12.0. The lowest BCUT2D eigenvalue weighted by atomic mass is 10.2. The molecule has 92 valence electrons. The molecule has 0 bridgehead atoms. The highest BCUT2D eigenvalue weighted by atomic mass is 16.1. The zero-order valence-corrected chi connectivity index (χ0v) is 10.3. The largest absolute Gasteiger partial charge is 0.310 e. The lowest BCUT2D eigenvalue weighted by molar-refractivity contribution is 0.761. The first-order valence-electron chi connectivity index (χ1n) is 5.50. The molecule has 0 amide bonds. The Labute approximate surface area is 102 Å². The molecule has 0 aromatic carbocycles. The van der Waals surface area contributed by atoms with Crippen molar-refractivity contribution in [3.63, 3.8) is 0 Å². The Kier molecular flexibility index (Phi) is 2.09. The van der Waals surface area contributed by atoms with E-state index in [0.717, 1.165) is 0 Å². The Balaban J connectivity index is 2.41. The fourth-order valence-electron chi connectivity index (χ4n) is 1.99. The summed E-state index contributed by atoms with van der Waals surface area (Å²) in [5.74, 6) is 0.572. The number of aryl methyl sites for hydroxylation is 3. The van der Waals surface area contributed by atoms with Gasteiger partial charge in [-0.2, -0.15) is 10.2 Å². The SMILES string of the molecule is Cc1nc2c(c(-c3ccn(C)n3)nn2C)c(=O)[nH]1. The molecule has 3 rings (SSSR count). The number of aromatic nitrogens is 6. The summed E-state index contributed by atoms with van der Waals surface area (Å²) in [6.07, 6.45) is 1.81. The van der Waals surface area contributed by atoms with E-state index in [4.69, 9.17) is 0 Å². The highest BCUT2D eigenvalue weighted by Crippen LogP contribution is 2.21. The molecule has 7 heteroatoms. The van der Waals surface area contributed by atoms with Crippen LogP contribution in [0.2, 0.25) is 0 Å². The summed E-state index contributed by atoms with van der Waals surface area (Å²) < 4.78 is 3.27. The summed E-state index contributed by atoms with van der Waals surface area (Å²) in [6.45, 7) is 1.74. The van der Waals surface area contributed by atoms with E-state index in [0.29, 0.717) is 28.2 Å². The summed E-state index contributed by atoms with van der Waals surface area (Å²) in [5.41, 5.74) is 1.60. The molecule has 7 nitrogen and oxygen atoms in total. The number of fused-ring (bicyclic) bond motifs is 1. The quantitative estimate of drug-likeness (QED) is 0.670. The molecule has 3 aromatic heterocycles. The monoisotopic (exact) mass is 244 g/mol. The van der Waals surface area contributed by atoms with Gasteiger partial charge >= 0.3 is 0 Å². The van der Waals surface area contributed by atoms with Crippen molar-refractivity contribution in [1.29, 1.82) is 0 Å². The summed E-state index contributed by atoms with van der Waals surface area (Å²) in [7, 11) is 3.59. The number of nitrogens with zero attached hydrogens (tertiary/aromatic N) is 5. The van der Waals surface area contributed by atoms with Gasteiger partial charge in [-0.15, -0.1) is 0 Å². The molecular weight excluding hydrogens is 232 g/mol. The fourth-order valence-corrected chi connectivity index (χ4v) is 1.99. The third kappa shape index (κ3) is 1.44. The highest BCUT2D eigenvalue weighted by Gasteiger charge is 2.17. The van der Waals surface area contributed by atoms with Gasteiger partial charge in [-0.05, 0) is 13.0 Å². The molecule has 0 fully saturated rings. The number of hydrogen-bond donors (Lipinski definition) is 1. The van der Waals surface area contributed by atoms with Crippen molar-refractivity contribution in [2.75, 3.05) is 0 Å². The zero-order valence-electron chi connectivity index (χ0n) is 10.3. The van der Waals surface area contributed by atoms with E-state index in [1.807, 2.05) is 19.3 Å². The van der Waals surface area contributed by atoms with Crippen LogP contribution in [0.3, 0.4) is 0 Å². The average Bonchev–Trinajstić information content (AvgIpc) is 2.84. The maximum atomic E-state index is 12.0. The molecular formula is C11H12N6O. The van der Waals surface area contributed by atoms with E-state index in [9.17, 15) is 4.79 Å². The van der Waals surface area contributed by atoms with Crippen LogP contribution in [0.5, 0.6) is 0 Å². The van der Waals surface area contributed by atoms with Crippen molar-refractivity contribution in [1.82, 2.24) is 29.5 Å². The van der Waals surface area contributed by atoms with Crippen LogP contribution in [0.4, 0.5) is 0 Å². The predicted molar refractivity (Wildman–Crippen MR) is 66.1 cm³/mol. The molecule has 3 heterocycles. The van der Waals surface area contributed by atoms with Crippen molar-refractivity contribution in [3.05, 3.63) is 28.4 Å². The van der Waals surface area contributed by atoms with E-state index >= 15 is 0 Å². The summed E-state index contributed by atoms with van der Waals surface area (Å²) >= 11 is 0. The van der Waals surface area contributed by atoms with Gasteiger partial charge in [-0.25, -0.2) is 9.67 Å². The first-order chi connectivity index (χ1) is 8.56. The van der Waals surface area contributed by atoms with Crippen LogP contribution in [0.15, 0.2) is 17.1 Å². The second-order valence-electron chi connectivity index (χ2n) is 4.20. The molecule has 1 N–H and O–H groups in total. The van der Waals surface area contributed by atoms with Crippen LogP contribution in [0.25, 0.3) is 22.4 Å². The van der Waals surface area contributed by atoms with Gasteiger partial charge in [0.25, 0.3) is 5.56 Å². The molecule has 0 aliphatic heterocycles. The van der Waals surface area contributed by atoms with Crippen LogP contribution >= 0.6 is 0 Å². The molecule has 0 saturated carbocycles. The van der Waals surface area contributed by atoms with E-state index in [1.54, 1.807) is 23.3 Å². The normalized spacial score (nSPS) is 11.3. The Bertz CT molecular complexity index is 794. The van der Waals surface area contributed by atoms with E-state index in [2.05, 4.69) is 20.2 Å². The number of hydrogen-bond acceptors (Lipinski definition) is 4. The van der Waals surface area contributed by atoms with Gasteiger partial charge in [0.05, 0.1) is 0 Å². The minimum absolute atomic E-state index is 0.189. The molecule has 0 aliphatic carbocycles. The van der Waals surface area contributed by atoms with E-state index < -0.39 is 0 Å². The number of nitrogens with one attached hydrogen (secondary N) is 1. The Morgan fingerprint density at radius 3 is 2.72 bits per heavy atom. The number of rotatable bonds is 1. The topological polar surface area (TPSA) is 81.4 Å². The standard InChI is InChI=1S/C11H12N6O/c1-6-12-10-8(11(18)13-6)9(15-17(10)3)7-4-5-16(2)14-7/h4-5H,1-3H3,(H,12,13,18). The fraction of sp³-hybridized carbons (Fsp3) is 0.273. The minimum atomic E-state index is -0.189. The summed E-state index contributed by atoms with van der Waals surface area (Å²) in [6, 6.07) is 1.82. The predicted octanol–water partition coefficient (Wildman–Crippen LogP) is 0.366. The Morgan fingerprint density at radius 1 is 1.28 bits per heavy atom. The lowest BCUT2D eigenvalue weighted by Gasteiger charge is -1.94. The van der Waals surface area contributed by atoms with Gasteiger partial charge in [0.1, 0.15) is 22.6 Å². The van der Waals surface area contributed by atoms with Crippen molar-refractivity contribution in [2.24, 2.45) is 14.1 Å². The molecule has 0 atom stereocenters. The van der Waals surface area contributed by atoms with Crippen molar-refractivity contribution in [2.45, 2.75) is 6.92 Å². The van der Waals surface area contributed by atoms with Gasteiger partial charge in [0, 0.05) is 20.3 Å². The molecule has 0 radical (unpaired) electrons. The molecule has 0 aliphatic rings. The molecule has 0 unspecified atom stereocenters. The summed E-state index contributed by atoms with van der Waals surface area (Å²) in [5, 5.41) is 9.08. The third-order valence-corrected chi connectivity index (χ3v) is 2.77. The molecule has 0 saturated heterocycles. The average molecular weight is 244 g/mol. The number of aromatic amines is 1. The van der Waals surface area contributed by atoms with Crippen LogP contribution in [0.1, 0.15) is 5.82 Å². The first kappa shape index (κ1) is 10.7. The first-order valence-corrected chi connectivity index (χ1v) is 5.50. The third-order valence-electron chi connectivity index (χ3n) is 2.77. The Hall–Kier alpha value is -2.44. The second-order valence-corrected chi connectivity index (χ2v) is 4.20. The smallest absolute Gasteiger partial charge is 0.262 e. The van der Waals surface area contributed by atoms with Crippen molar-refractivity contribution in [3.8, 4) is 11.4 Å². The minimum Gasteiger partial charge on any atom is -0.310 e. The van der Waals surface area contributed by atoms with Gasteiger partial charge in [-0.3, -0.25) is 9.48 Å². The lowest BCUT2D eigenvalue weighted by Crippen LogP contribution is -2.10. The van der Waals surface area contributed by atoms with Gasteiger partial charge < -0.3 is 4.98 Å². The van der Waals surface area contributed by atoms with Crippen molar-refractivity contribution < 1.29 is 0 Å². The number of H-pyrrole nitrogens is 1. The van der Waals surface area contributed by atoms with Crippen LogP contribution in [-0.2, 0) is 14.1 Å². The van der Waals surface area contributed by atoms with E-state index in [1.165, 1.54) is 0 Å². The van der Waals surface area contributed by atoms with Gasteiger partial charge in [0.2, 0.25) is 0 Å². The van der Waals surface area contributed by atoms with Crippen molar-refractivity contribution >= 4 is 11.0 Å². The van der Waals surface area contributed by atoms with E-state index in [-0.39, 0.29) is 5.56 Å². The second kappa shape index (κ2) is 3.52. The molecule has 3 aromatic rings. The highest BCUT2D eigenvalue weighted by molar-refractivity contribution is 5.89. The van der Waals surface area contributed by atoms with Gasteiger partial charge in [-0.1, -0.05) is 0 Å². The van der Waals surface area contributed by atoms with Gasteiger partial charge in [0.15, 0.2) is 5.65 Å². The van der Waals surface area contributed by atoms with Crippen LogP contribution in [0, 0.1) is 6.92 Å². The molecule has 0 spiro atoms. The maximum Gasteiger partial charge on any atom is 0.262 e. The van der Waals surface area contributed by atoms with Crippen LogP contribution in [-0.4, -0.2) is 29.5 Å². The molecule has 18 heavy (non-hydrogen) atoms. The zero-order chi connectivity index (χ0) is 12.9. The Morgan fingerprint density at radius 2 is 2.06 bits per heavy atom. The van der Waals surface area contributed by atoms with Crippen LogP contribution < -0.4 is 5.56 Å².